The Balaban J connectivity index is 2.35. The molecule has 1 atom stereocenters. The van der Waals surface area contributed by atoms with Gasteiger partial charge in [-0.15, -0.1) is 0 Å². The van der Waals surface area contributed by atoms with Crippen LogP contribution in [0.1, 0.15) is 50.9 Å². The van der Waals surface area contributed by atoms with Gasteiger partial charge in [0.2, 0.25) is 5.91 Å². The van der Waals surface area contributed by atoms with Gasteiger partial charge < -0.3 is 24.8 Å². The summed E-state index contributed by atoms with van der Waals surface area (Å²) in [6.07, 6.45) is 5.00. The highest BCUT2D eigenvalue weighted by molar-refractivity contribution is 5.94. The molecule has 0 radical (unpaired) electrons. The molecule has 194 valence electrons. The summed E-state index contributed by atoms with van der Waals surface area (Å²) < 4.78 is 16.4. The van der Waals surface area contributed by atoms with Gasteiger partial charge in [-0.1, -0.05) is 51.0 Å². The minimum absolute atomic E-state index is 0.0355. The number of benzene rings is 1. The Bertz CT molecular complexity index is 837. The summed E-state index contributed by atoms with van der Waals surface area (Å²) in [6.45, 7) is 9.63. The standard InChI is InChI=1S/C25H39N5O5/c1-19(2)8-6-12-27-23(31)17-33-14-15-34-24(29-30-26)18-35-22-11-5-10-21(16-22)25(32)28-13-7-9-20(3)4/h5-6,8,10-11,16,19-20,24H,7,9,12-15,17-18H2,1-4H3,(H,27,31)(H,28,32)/b8-6+. The summed E-state index contributed by atoms with van der Waals surface area (Å²) in [6, 6.07) is 6.77. The van der Waals surface area contributed by atoms with Gasteiger partial charge >= 0.3 is 0 Å². The Morgan fingerprint density at radius 3 is 2.69 bits per heavy atom. The van der Waals surface area contributed by atoms with Gasteiger partial charge in [0.05, 0.1) is 13.2 Å². The molecule has 10 heteroatoms. The maximum atomic E-state index is 12.3. The fraction of sp³-hybridized carbons (Fsp3) is 0.600. The molecule has 0 saturated carbocycles. The largest absolute Gasteiger partial charge is 0.491 e. The summed E-state index contributed by atoms with van der Waals surface area (Å²) in [5.74, 6) is 1.10. The van der Waals surface area contributed by atoms with Crippen molar-refractivity contribution in [2.75, 3.05) is 39.5 Å². The summed E-state index contributed by atoms with van der Waals surface area (Å²) in [5.41, 5.74) is 9.27. The summed E-state index contributed by atoms with van der Waals surface area (Å²) in [5, 5.41) is 9.19. The highest BCUT2D eigenvalue weighted by Gasteiger charge is 2.11. The Labute approximate surface area is 208 Å². The second-order valence-electron chi connectivity index (χ2n) is 8.69. The molecule has 0 aliphatic rings. The molecule has 2 N–H and O–H groups in total. The van der Waals surface area contributed by atoms with E-state index in [4.69, 9.17) is 19.7 Å². The van der Waals surface area contributed by atoms with Crippen LogP contribution in [0.4, 0.5) is 0 Å². The Morgan fingerprint density at radius 1 is 1.17 bits per heavy atom. The van der Waals surface area contributed by atoms with Gasteiger partial charge in [-0.2, -0.15) is 0 Å². The number of carbonyl (C=O) groups excluding carboxylic acids is 2. The van der Waals surface area contributed by atoms with E-state index in [-0.39, 0.29) is 38.2 Å². The van der Waals surface area contributed by atoms with E-state index in [0.29, 0.717) is 36.2 Å². The number of amides is 2. The van der Waals surface area contributed by atoms with Crippen LogP contribution in [0.25, 0.3) is 10.4 Å². The van der Waals surface area contributed by atoms with Crippen molar-refractivity contribution < 1.29 is 23.8 Å². The molecule has 0 saturated heterocycles. The lowest BCUT2D eigenvalue weighted by Crippen LogP contribution is -2.28. The van der Waals surface area contributed by atoms with Gasteiger partial charge in [0.25, 0.3) is 5.91 Å². The monoisotopic (exact) mass is 489 g/mol. The predicted octanol–water partition coefficient (Wildman–Crippen LogP) is 4.23. The summed E-state index contributed by atoms with van der Waals surface area (Å²) in [4.78, 5) is 26.8. The Hall–Kier alpha value is -3.07. The molecular weight excluding hydrogens is 450 g/mol. The number of hydrogen-bond donors (Lipinski definition) is 2. The minimum Gasteiger partial charge on any atom is -0.491 e. The molecule has 0 aliphatic carbocycles. The zero-order chi connectivity index (χ0) is 25.9. The van der Waals surface area contributed by atoms with Crippen molar-refractivity contribution in [1.29, 1.82) is 0 Å². The lowest BCUT2D eigenvalue weighted by molar-refractivity contribution is -0.126. The van der Waals surface area contributed by atoms with Crippen LogP contribution in [0.15, 0.2) is 41.5 Å². The van der Waals surface area contributed by atoms with Crippen LogP contribution in [-0.4, -0.2) is 57.6 Å². The first-order chi connectivity index (χ1) is 16.8. The second-order valence-corrected chi connectivity index (χ2v) is 8.69. The molecule has 1 rings (SSSR count). The maximum Gasteiger partial charge on any atom is 0.251 e. The molecule has 2 amide bonds. The average Bonchev–Trinajstić information content (AvgIpc) is 2.82. The van der Waals surface area contributed by atoms with Gasteiger partial charge in [0, 0.05) is 23.6 Å². The topological polar surface area (TPSA) is 135 Å². The third-order valence-electron chi connectivity index (χ3n) is 4.62. The van der Waals surface area contributed by atoms with Crippen molar-refractivity contribution in [2.24, 2.45) is 17.0 Å². The number of carbonyl (C=O) groups is 2. The van der Waals surface area contributed by atoms with Crippen LogP contribution in [0, 0.1) is 11.8 Å². The predicted molar refractivity (Wildman–Crippen MR) is 135 cm³/mol. The zero-order valence-corrected chi connectivity index (χ0v) is 21.2. The van der Waals surface area contributed by atoms with Crippen molar-refractivity contribution in [1.82, 2.24) is 10.6 Å². The van der Waals surface area contributed by atoms with Gasteiger partial charge in [-0.3, -0.25) is 9.59 Å². The summed E-state index contributed by atoms with van der Waals surface area (Å²) >= 11 is 0. The quantitative estimate of drug-likeness (QED) is 0.105. The third kappa shape index (κ3) is 15.5. The first kappa shape index (κ1) is 30.0. The smallest absolute Gasteiger partial charge is 0.251 e. The zero-order valence-electron chi connectivity index (χ0n) is 21.2. The number of hydrogen-bond acceptors (Lipinski definition) is 6. The van der Waals surface area contributed by atoms with E-state index in [1.54, 1.807) is 24.3 Å². The molecule has 0 bridgehead atoms. The molecule has 10 nitrogen and oxygen atoms in total. The van der Waals surface area contributed by atoms with Crippen molar-refractivity contribution in [3.63, 3.8) is 0 Å². The summed E-state index contributed by atoms with van der Waals surface area (Å²) in [7, 11) is 0. The number of rotatable bonds is 18. The average molecular weight is 490 g/mol. The van der Waals surface area contributed by atoms with E-state index >= 15 is 0 Å². The fourth-order valence-electron chi connectivity index (χ4n) is 2.85. The van der Waals surface area contributed by atoms with Crippen molar-refractivity contribution in [2.45, 2.75) is 46.8 Å². The fourth-order valence-corrected chi connectivity index (χ4v) is 2.85. The number of nitrogens with zero attached hydrogens (tertiary/aromatic N) is 3. The SMILES string of the molecule is CC(C)/C=C/CNC(=O)COCCOC(COc1cccc(C(=O)NCCCC(C)C)c1)N=[N+]=[N-]. The highest BCUT2D eigenvalue weighted by atomic mass is 16.6. The molecule has 0 aliphatic heterocycles. The number of allylic oxidation sites excluding steroid dienone is 1. The molecular formula is C25H39N5O5. The van der Waals surface area contributed by atoms with E-state index in [1.165, 1.54) is 0 Å². The first-order valence-electron chi connectivity index (χ1n) is 12.0. The Morgan fingerprint density at radius 2 is 1.97 bits per heavy atom. The van der Waals surface area contributed by atoms with Crippen LogP contribution >= 0.6 is 0 Å². The number of ether oxygens (including phenoxy) is 3. The van der Waals surface area contributed by atoms with Crippen LogP contribution < -0.4 is 15.4 Å². The lowest BCUT2D eigenvalue weighted by atomic mass is 10.1. The highest BCUT2D eigenvalue weighted by Crippen LogP contribution is 2.14. The van der Waals surface area contributed by atoms with E-state index in [2.05, 4.69) is 48.4 Å². The van der Waals surface area contributed by atoms with Gasteiger partial charge in [0.15, 0.2) is 6.23 Å². The number of azide groups is 1. The molecule has 1 unspecified atom stereocenters. The van der Waals surface area contributed by atoms with Crippen LogP contribution in [0.2, 0.25) is 0 Å². The molecule has 0 heterocycles. The molecule has 0 spiro atoms. The second kappa shape index (κ2) is 18.3. The van der Waals surface area contributed by atoms with Crippen LogP contribution in [0.5, 0.6) is 5.75 Å². The molecule has 0 fully saturated rings. The van der Waals surface area contributed by atoms with Crippen molar-refractivity contribution in [3.05, 3.63) is 52.4 Å². The van der Waals surface area contributed by atoms with Crippen molar-refractivity contribution in [3.8, 4) is 5.75 Å². The molecule has 1 aromatic carbocycles. The normalized spacial score (nSPS) is 11.9. The van der Waals surface area contributed by atoms with E-state index < -0.39 is 6.23 Å². The molecule has 1 aromatic rings. The Kier molecular flexibility index (Phi) is 15.7. The van der Waals surface area contributed by atoms with Gasteiger partial charge in [-0.25, -0.2) is 0 Å². The van der Waals surface area contributed by atoms with E-state index in [1.807, 2.05) is 12.2 Å². The van der Waals surface area contributed by atoms with Crippen molar-refractivity contribution >= 4 is 11.8 Å². The first-order valence-corrected chi connectivity index (χ1v) is 12.0. The molecule has 0 aromatic heterocycles. The minimum atomic E-state index is -0.882. The molecule has 35 heavy (non-hydrogen) atoms. The van der Waals surface area contributed by atoms with Crippen LogP contribution in [-0.2, 0) is 14.3 Å². The van der Waals surface area contributed by atoms with E-state index in [9.17, 15) is 9.59 Å². The van der Waals surface area contributed by atoms with Crippen LogP contribution in [0.3, 0.4) is 0 Å². The maximum absolute atomic E-state index is 12.3. The third-order valence-corrected chi connectivity index (χ3v) is 4.62. The van der Waals surface area contributed by atoms with E-state index in [0.717, 1.165) is 12.8 Å². The number of nitrogens with one attached hydrogen (secondary N) is 2. The lowest BCUT2D eigenvalue weighted by Gasteiger charge is -2.14. The van der Waals surface area contributed by atoms with Gasteiger partial charge in [-0.05, 0) is 48.4 Å². The van der Waals surface area contributed by atoms with Gasteiger partial charge in [0.1, 0.15) is 19.0 Å².